The Morgan fingerprint density at radius 3 is 2.32 bits per heavy atom. The molecule has 1 amide bonds. The molecule has 7 nitrogen and oxygen atoms in total. The summed E-state index contributed by atoms with van der Waals surface area (Å²) in [5.74, 6) is 0.442. The molecule has 2 N–H and O–H groups in total. The van der Waals surface area contributed by atoms with Gasteiger partial charge in [-0.15, -0.1) is 0 Å². The molecule has 0 aliphatic carbocycles. The molecular formula is C18H21F3N6O. The van der Waals surface area contributed by atoms with Gasteiger partial charge in [-0.05, 0) is 44.9 Å². The molecule has 2 aromatic heterocycles. The van der Waals surface area contributed by atoms with E-state index in [4.69, 9.17) is 0 Å². The van der Waals surface area contributed by atoms with Crippen molar-refractivity contribution in [1.82, 2.24) is 20.4 Å². The van der Waals surface area contributed by atoms with Gasteiger partial charge in [0.25, 0.3) is 0 Å². The first-order valence-corrected chi connectivity index (χ1v) is 8.89. The molecule has 0 atom stereocenters. The second-order valence-corrected chi connectivity index (χ2v) is 6.75. The van der Waals surface area contributed by atoms with Gasteiger partial charge in [-0.3, -0.25) is 15.6 Å². The monoisotopic (exact) mass is 394 g/mol. The summed E-state index contributed by atoms with van der Waals surface area (Å²) >= 11 is 0. The van der Waals surface area contributed by atoms with E-state index >= 15 is 0 Å². The number of halogens is 3. The Hall–Kier alpha value is -2.91. The van der Waals surface area contributed by atoms with Crippen LogP contribution in [0.1, 0.15) is 29.8 Å². The molecule has 1 saturated heterocycles. The van der Waals surface area contributed by atoms with Crippen LogP contribution in [-0.2, 0) is 11.0 Å². The van der Waals surface area contributed by atoms with Gasteiger partial charge in [0.2, 0.25) is 11.9 Å². The topological polar surface area (TPSA) is 83.0 Å². The highest BCUT2D eigenvalue weighted by atomic mass is 19.4. The lowest BCUT2D eigenvalue weighted by Gasteiger charge is -2.32. The van der Waals surface area contributed by atoms with Gasteiger partial charge in [0.15, 0.2) is 0 Å². The smallest absolute Gasteiger partial charge is 0.357 e. The van der Waals surface area contributed by atoms with Gasteiger partial charge in [-0.25, -0.2) is 15.0 Å². The fraction of sp³-hybridized carbons (Fsp3) is 0.444. The molecule has 1 aliphatic heterocycles. The maximum atomic E-state index is 12.6. The zero-order chi connectivity index (χ0) is 20.3. The predicted octanol–water partition coefficient (Wildman–Crippen LogP) is 2.87. The lowest BCUT2D eigenvalue weighted by molar-refractivity contribution is -0.137. The maximum absolute atomic E-state index is 12.6. The number of carbonyl (C=O) groups excluding carboxylic acids is 1. The number of pyridine rings is 1. The van der Waals surface area contributed by atoms with Crippen LogP contribution < -0.4 is 15.8 Å². The summed E-state index contributed by atoms with van der Waals surface area (Å²) in [6.45, 7) is 4.76. The van der Waals surface area contributed by atoms with Crippen molar-refractivity contribution < 1.29 is 18.0 Å². The third-order valence-corrected chi connectivity index (χ3v) is 4.54. The number of amides is 1. The Bertz CT molecular complexity index is 812. The number of hydrazine groups is 1. The summed E-state index contributed by atoms with van der Waals surface area (Å²) in [4.78, 5) is 26.5. The van der Waals surface area contributed by atoms with Crippen molar-refractivity contribution >= 4 is 17.7 Å². The highest BCUT2D eigenvalue weighted by molar-refractivity contribution is 5.79. The van der Waals surface area contributed by atoms with E-state index in [1.165, 1.54) is 6.07 Å². The number of carbonyl (C=O) groups is 1. The van der Waals surface area contributed by atoms with Crippen LogP contribution in [0.4, 0.5) is 24.9 Å². The molecule has 2 aromatic rings. The minimum Gasteiger partial charge on any atom is -0.357 e. The van der Waals surface area contributed by atoms with E-state index in [1.54, 1.807) is 0 Å². The van der Waals surface area contributed by atoms with Crippen molar-refractivity contribution in [2.45, 2.75) is 32.9 Å². The normalized spacial score (nSPS) is 15.4. The number of nitrogens with one attached hydrogen (secondary N) is 2. The third kappa shape index (κ3) is 4.87. The van der Waals surface area contributed by atoms with E-state index in [0.717, 1.165) is 23.7 Å². The van der Waals surface area contributed by atoms with Gasteiger partial charge >= 0.3 is 6.18 Å². The van der Waals surface area contributed by atoms with Crippen molar-refractivity contribution in [1.29, 1.82) is 0 Å². The van der Waals surface area contributed by atoms with Crippen molar-refractivity contribution in [2.24, 2.45) is 5.92 Å². The molecule has 0 radical (unpaired) electrons. The third-order valence-electron chi connectivity index (χ3n) is 4.54. The largest absolute Gasteiger partial charge is 0.417 e. The van der Waals surface area contributed by atoms with Gasteiger partial charge in [-0.2, -0.15) is 13.2 Å². The fourth-order valence-electron chi connectivity index (χ4n) is 3.11. The minimum atomic E-state index is -4.40. The average molecular weight is 394 g/mol. The van der Waals surface area contributed by atoms with Crippen LogP contribution in [0.15, 0.2) is 24.4 Å². The predicted molar refractivity (Wildman–Crippen MR) is 97.4 cm³/mol. The van der Waals surface area contributed by atoms with Crippen molar-refractivity contribution in [3.63, 3.8) is 0 Å². The van der Waals surface area contributed by atoms with Crippen LogP contribution in [0.2, 0.25) is 0 Å². The Morgan fingerprint density at radius 1 is 1.14 bits per heavy atom. The zero-order valence-electron chi connectivity index (χ0n) is 15.5. The van der Waals surface area contributed by atoms with Crippen molar-refractivity contribution in [2.75, 3.05) is 23.4 Å². The van der Waals surface area contributed by atoms with Crippen LogP contribution in [0, 0.1) is 19.8 Å². The van der Waals surface area contributed by atoms with E-state index in [9.17, 15) is 18.0 Å². The molecule has 10 heteroatoms. The molecule has 1 fully saturated rings. The summed E-state index contributed by atoms with van der Waals surface area (Å²) in [5, 5.41) is 0. The highest BCUT2D eigenvalue weighted by Gasteiger charge is 2.31. The maximum Gasteiger partial charge on any atom is 0.417 e. The highest BCUT2D eigenvalue weighted by Crippen LogP contribution is 2.30. The second kappa shape index (κ2) is 7.99. The van der Waals surface area contributed by atoms with Gasteiger partial charge in [0, 0.05) is 36.6 Å². The Morgan fingerprint density at radius 2 is 1.79 bits per heavy atom. The standard InChI is InChI=1S/C18H21F3N6O/c1-11-9-12(2)24-17(23-11)26-25-16(28)13-5-7-27(8-6-13)15-4-3-14(10-22-15)18(19,20)21/h3-4,9-10,13H,5-8H2,1-2H3,(H,25,28)(H,23,24,26). The molecule has 150 valence electrons. The number of hydrogen-bond acceptors (Lipinski definition) is 6. The summed E-state index contributed by atoms with van der Waals surface area (Å²) < 4.78 is 37.9. The van der Waals surface area contributed by atoms with Crippen LogP contribution >= 0.6 is 0 Å². The Labute approximate surface area is 160 Å². The van der Waals surface area contributed by atoms with Gasteiger partial charge in [-0.1, -0.05) is 0 Å². The van der Waals surface area contributed by atoms with Gasteiger partial charge in [0.1, 0.15) is 5.82 Å². The van der Waals surface area contributed by atoms with Crippen molar-refractivity contribution in [3.8, 4) is 0 Å². The Balaban J connectivity index is 1.51. The second-order valence-electron chi connectivity index (χ2n) is 6.75. The number of alkyl halides is 3. The summed E-state index contributed by atoms with van der Waals surface area (Å²) in [5.41, 5.74) is 6.17. The number of piperidine rings is 1. The fourth-order valence-corrected chi connectivity index (χ4v) is 3.11. The molecular weight excluding hydrogens is 373 g/mol. The molecule has 3 heterocycles. The molecule has 0 saturated carbocycles. The summed E-state index contributed by atoms with van der Waals surface area (Å²) in [6.07, 6.45) is -2.42. The molecule has 0 bridgehead atoms. The first-order chi connectivity index (χ1) is 13.2. The molecule has 1 aliphatic rings. The molecule has 0 spiro atoms. The number of hydrogen-bond donors (Lipinski definition) is 2. The van der Waals surface area contributed by atoms with Crippen LogP contribution in [-0.4, -0.2) is 33.9 Å². The first kappa shape index (κ1) is 19.8. The molecule has 0 unspecified atom stereocenters. The number of nitrogens with zero attached hydrogens (tertiary/aromatic N) is 4. The lowest BCUT2D eigenvalue weighted by Crippen LogP contribution is -2.42. The molecule has 0 aromatic carbocycles. The van der Waals surface area contributed by atoms with Crippen molar-refractivity contribution in [3.05, 3.63) is 41.3 Å². The quantitative estimate of drug-likeness (QED) is 0.776. The number of rotatable bonds is 4. The van der Waals surface area contributed by atoms with E-state index < -0.39 is 11.7 Å². The molecule has 28 heavy (non-hydrogen) atoms. The molecule has 3 rings (SSSR count). The van der Waals surface area contributed by atoms with Gasteiger partial charge < -0.3 is 4.90 Å². The van der Waals surface area contributed by atoms with E-state index in [-0.39, 0.29) is 11.8 Å². The number of anilines is 2. The minimum absolute atomic E-state index is 0.164. The van der Waals surface area contributed by atoms with E-state index in [0.29, 0.717) is 37.7 Å². The number of aromatic nitrogens is 3. The first-order valence-electron chi connectivity index (χ1n) is 8.89. The van der Waals surface area contributed by atoms with Gasteiger partial charge in [0.05, 0.1) is 5.56 Å². The summed E-state index contributed by atoms with van der Waals surface area (Å²) in [6, 6.07) is 4.22. The SMILES string of the molecule is Cc1cc(C)nc(NNC(=O)C2CCN(c3ccc(C(F)(F)F)cn3)CC2)n1. The number of aryl methyl sites for hydroxylation is 2. The summed E-state index contributed by atoms with van der Waals surface area (Å²) in [7, 11) is 0. The van der Waals surface area contributed by atoms with Crippen LogP contribution in [0.25, 0.3) is 0 Å². The van der Waals surface area contributed by atoms with E-state index in [2.05, 4.69) is 25.8 Å². The van der Waals surface area contributed by atoms with Crippen LogP contribution in [0.5, 0.6) is 0 Å². The Kier molecular flexibility index (Phi) is 5.66. The van der Waals surface area contributed by atoms with Crippen LogP contribution in [0.3, 0.4) is 0 Å². The van der Waals surface area contributed by atoms with E-state index in [1.807, 2.05) is 24.8 Å². The lowest BCUT2D eigenvalue weighted by atomic mass is 9.96. The average Bonchev–Trinajstić information content (AvgIpc) is 2.65. The zero-order valence-corrected chi connectivity index (χ0v) is 15.5.